The first-order valence-electron chi connectivity index (χ1n) is 11.4. The second kappa shape index (κ2) is 12.0. The molecule has 8 nitrogen and oxygen atoms in total. The van der Waals surface area contributed by atoms with Crippen LogP contribution >= 0.6 is 0 Å². The van der Waals surface area contributed by atoms with Gasteiger partial charge in [-0.3, -0.25) is 4.79 Å². The maximum Gasteiger partial charge on any atom is 0.433 e. The smallest absolute Gasteiger partial charge is 0.389 e. The molecule has 2 aromatic rings. The van der Waals surface area contributed by atoms with Crippen molar-refractivity contribution in [2.75, 3.05) is 62.4 Å². The molecule has 4 heterocycles. The number of aliphatic hydroxyl groups excluding tert-OH is 1. The second-order valence-electron chi connectivity index (χ2n) is 8.21. The molecule has 1 N–H and O–H groups in total. The van der Waals surface area contributed by atoms with E-state index in [4.69, 9.17) is 9.47 Å². The number of aliphatic hydroxyl groups is 1. The van der Waals surface area contributed by atoms with Gasteiger partial charge in [-0.2, -0.15) is 26.3 Å². The highest BCUT2D eigenvalue weighted by Crippen LogP contribution is 2.33. The summed E-state index contributed by atoms with van der Waals surface area (Å²) in [5.41, 5.74) is -1.38. The Morgan fingerprint density at radius 1 is 0.811 bits per heavy atom. The SMILES string of the molecule is CC(O)c1ccc(C(F)(F)F)nc1N1CCOCC1.O=Cc1ccc(C(F)(F)F)nc1N1CCOCC1. The van der Waals surface area contributed by atoms with Gasteiger partial charge < -0.3 is 24.4 Å². The Bertz CT molecular complexity index is 1050. The average molecular weight is 536 g/mol. The number of carbonyl (C=O) groups excluding carboxylic acids is 1. The summed E-state index contributed by atoms with van der Waals surface area (Å²) in [5.74, 6) is 0.260. The molecule has 1 unspecified atom stereocenters. The maximum absolute atomic E-state index is 12.7. The van der Waals surface area contributed by atoms with Gasteiger partial charge in [-0.05, 0) is 25.1 Å². The summed E-state index contributed by atoms with van der Waals surface area (Å²) in [6.45, 7) is 5.00. The molecule has 2 aliphatic heterocycles. The first-order valence-corrected chi connectivity index (χ1v) is 11.4. The zero-order chi connectivity index (χ0) is 27.2. The number of halogens is 6. The maximum atomic E-state index is 12.7. The average Bonchev–Trinajstić information content (AvgIpc) is 2.88. The number of ether oxygens (including phenoxy) is 2. The summed E-state index contributed by atoms with van der Waals surface area (Å²) in [5, 5.41) is 9.65. The summed E-state index contributed by atoms with van der Waals surface area (Å²) in [4.78, 5) is 21.4. The predicted molar refractivity (Wildman–Crippen MR) is 121 cm³/mol. The molecule has 2 fully saturated rings. The highest BCUT2D eigenvalue weighted by Gasteiger charge is 2.35. The normalized spacial score (nSPS) is 17.6. The van der Waals surface area contributed by atoms with Crippen LogP contribution in [0.2, 0.25) is 0 Å². The number of pyridine rings is 2. The Balaban J connectivity index is 0.000000206. The molecule has 14 heteroatoms. The molecule has 0 saturated carbocycles. The van der Waals surface area contributed by atoms with E-state index in [2.05, 4.69) is 9.97 Å². The first-order chi connectivity index (χ1) is 17.4. The third kappa shape index (κ3) is 7.52. The van der Waals surface area contributed by atoms with Crippen molar-refractivity contribution in [1.29, 1.82) is 0 Å². The molecule has 37 heavy (non-hydrogen) atoms. The van der Waals surface area contributed by atoms with Crippen LogP contribution in [-0.2, 0) is 21.8 Å². The van der Waals surface area contributed by atoms with E-state index in [1.165, 1.54) is 13.0 Å². The molecule has 2 saturated heterocycles. The standard InChI is InChI=1S/C12H15F3N2O2.C11H11F3N2O2/c1-8(18)9-2-3-10(12(13,14)15)16-11(9)17-4-6-19-7-5-17;12-11(13,14)9-2-1-8(7-17)10(15-9)16-3-5-18-6-4-16/h2-3,8,18H,4-7H2,1H3;1-2,7H,3-6H2. The van der Waals surface area contributed by atoms with E-state index in [-0.39, 0.29) is 17.2 Å². The number of anilines is 2. The molecule has 0 spiro atoms. The predicted octanol–water partition coefficient (Wildman–Crippen LogP) is 3.74. The van der Waals surface area contributed by atoms with Crippen LogP contribution in [0.5, 0.6) is 0 Å². The van der Waals surface area contributed by atoms with Gasteiger partial charge in [-0.25, -0.2) is 9.97 Å². The molecule has 2 aromatic heterocycles. The van der Waals surface area contributed by atoms with Crippen molar-refractivity contribution in [2.45, 2.75) is 25.4 Å². The van der Waals surface area contributed by atoms with Crippen molar-refractivity contribution in [2.24, 2.45) is 0 Å². The quantitative estimate of drug-likeness (QED) is 0.467. The summed E-state index contributed by atoms with van der Waals surface area (Å²) in [6, 6.07) is 4.14. The fraction of sp³-hybridized carbons (Fsp3) is 0.522. The summed E-state index contributed by atoms with van der Waals surface area (Å²) in [7, 11) is 0. The summed E-state index contributed by atoms with van der Waals surface area (Å²) >= 11 is 0. The fourth-order valence-electron chi connectivity index (χ4n) is 3.71. The number of alkyl halides is 6. The van der Waals surface area contributed by atoms with Crippen LogP contribution in [-0.4, -0.2) is 74.0 Å². The number of aromatic nitrogens is 2. The Labute approximate surface area is 208 Å². The second-order valence-corrected chi connectivity index (χ2v) is 8.21. The van der Waals surface area contributed by atoms with Crippen LogP contribution in [0, 0.1) is 0 Å². The fourth-order valence-corrected chi connectivity index (χ4v) is 3.71. The number of morpholine rings is 2. The molecule has 204 valence electrons. The topological polar surface area (TPSA) is 88.0 Å². The minimum Gasteiger partial charge on any atom is -0.389 e. The summed E-state index contributed by atoms with van der Waals surface area (Å²) < 4.78 is 86.1. The van der Waals surface area contributed by atoms with Crippen molar-refractivity contribution in [3.8, 4) is 0 Å². The van der Waals surface area contributed by atoms with Gasteiger partial charge in [0.15, 0.2) is 6.29 Å². The highest BCUT2D eigenvalue weighted by atomic mass is 19.4. The molecule has 0 amide bonds. The lowest BCUT2D eigenvalue weighted by Gasteiger charge is -2.30. The van der Waals surface area contributed by atoms with Gasteiger partial charge in [0.2, 0.25) is 0 Å². The Hall–Kier alpha value is -2.97. The van der Waals surface area contributed by atoms with Crippen LogP contribution in [0.15, 0.2) is 24.3 Å². The largest absolute Gasteiger partial charge is 0.433 e. The lowest BCUT2D eigenvalue weighted by Crippen LogP contribution is -2.37. The lowest BCUT2D eigenvalue weighted by atomic mass is 10.1. The number of hydrogen-bond donors (Lipinski definition) is 1. The Kier molecular flexibility index (Phi) is 9.31. The molecule has 4 rings (SSSR count). The summed E-state index contributed by atoms with van der Waals surface area (Å²) in [6.07, 6.45) is -9.36. The van der Waals surface area contributed by atoms with Crippen molar-refractivity contribution >= 4 is 17.9 Å². The number of carbonyl (C=O) groups is 1. The number of hydrogen-bond acceptors (Lipinski definition) is 8. The van der Waals surface area contributed by atoms with Crippen LogP contribution in [0.1, 0.15) is 40.3 Å². The third-order valence-corrected chi connectivity index (χ3v) is 5.59. The van der Waals surface area contributed by atoms with Gasteiger partial charge in [0.1, 0.15) is 23.0 Å². The minimum absolute atomic E-state index is 0.0723. The van der Waals surface area contributed by atoms with E-state index in [9.17, 15) is 36.2 Å². The molecule has 0 aliphatic carbocycles. The van der Waals surface area contributed by atoms with E-state index in [1.54, 1.807) is 9.80 Å². The zero-order valence-corrected chi connectivity index (χ0v) is 19.8. The molecule has 0 aromatic carbocycles. The molecular weight excluding hydrogens is 510 g/mol. The van der Waals surface area contributed by atoms with Crippen molar-refractivity contribution < 1.29 is 45.7 Å². The highest BCUT2D eigenvalue weighted by molar-refractivity contribution is 5.83. The van der Waals surface area contributed by atoms with Crippen LogP contribution in [0.25, 0.3) is 0 Å². The molecule has 2 aliphatic rings. The number of nitrogens with zero attached hydrogens (tertiary/aromatic N) is 4. The van der Waals surface area contributed by atoms with Crippen molar-refractivity contribution in [1.82, 2.24) is 9.97 Å². The van der Waals surface area contributed by atoms with Gasteiger partial charge in [0.25, 0.3) is 0 Å². The van der Waals surface area contributed by atoms with Crippen LogP contribution in [0.3, 0.4) is 0 Å². The van der Waals surface area contributed by atoms with Crippen molar-refractivity contribution in [3.63, 3.8) is 0 Å². The van der Waals surface area contributed by atoms with E-state index < -0.39 is 29.8 Å². The van der Waals surface area contributed by atoms with Crippen LogP contribution in [0.4, 0.5) is 38.0 Å². The molecular formula is C23H26F6N4O4. The number of aldehydes is 1. The zero-order valence-electron chi connectivity index (χ0n) is 19.8. The van der Waals surface area contributed by atoms with Crippen LogP contribution < -0.4 is 9.80 Å². The molecule has 1 atom stereocenters. The first kappa shape index (κ1) is 28.6. The third-order valence-electron chi connectivity index (χ3n) is 5.59. The van der Waals surface area contributed by atoms with E-state index in [0.29, 0.717) is 64.5 Å². The van der Waals surface area contributed by atoms with Gasteiger partial charge >= 0.3 is 12.4 Å². The van der Waals surface area contributed by atoms with Crippen molar-refractivity contribution in [3.05, 3.63) is 46.8 Å². The van der Waals surface area contributed by atoms with E-state index >= 15 is 0 Å². The molecule has 0 radical (unpaired) electrons. The monoisotopic (exact) mass is 536 g/mol. The number of rotatable bonds is 4. The van der Waals surface area contributed by atoms with Gasteiger partial charge in [-0.15, -0.1) is 0 Å². The lowest BCUT2D eigenvalue weighted by molar-refractivity contribution is -0.141. The van der Waals surface area contributed by atoms with Gasteiger partial charge in [-0.1, -0.05) is 6.07 Å². The van der Waals surface area contributed by atoms with Gasteiger partial charge in [0, 0.05) is 31.7 Å². The Morgan fingerprint density at radius 3 is 1.68 bits per heavy atom. The Morgan fingerprint density at radius 2 is 1.24 bits per heavy atom. The van der Waals surface area contributed by atoms with E-state index in [0.717, 1.165) is 18.2 Å². The van der Waals surface area contributed by atoms with E-state index in [1.807, 2.05) is 0 Å². The minimum atomic E-state index is -4.51. The molecule has 0 bridgehead atoms. The van der Waals surface area contributed by atoms with Gasteiger partial charge in [0.05, 0.1) is 38.1 Å².